The van der Waals surface area contributed by atoms with Crippen molar-refractivity contribution in [3.63, 3.8) is 0 Å². The van der Waals surface area contributed by atoms with E-state index in [9.17, 15) is 0 Å². The lowest BCUT2D eigenvalue weighted by Gasteiger charge is -2.09. The summed E-state index contributed by atoms with van der Waals surface area (Å²) < 4.78 is 8.45. The lowest BCUT2D eigenvalue weighted by atomic mass is 10.3. The highest BCUT2D eigenvalue weighted by Crippen LogP contribution is 2.22. The number of rotatable bonds is 5. The van der Waals surface area contributed by atoms with Crippen molar-refractivity contribution in [1.82, 2.24) is 4.72 Å². The molecule has 1 rings (SSSR count). The van der Waals surface area contributed by atoms with Gasteiger partial charge in [0.15, 0.2) is 0 Å². The fourth-order valence-corrected chi connectivity index (χ4v) is 2.13. The number of methoxy groups -OCH3 is 1. The van der Waals surface area contributed by atoms with Gasteiger partial charge in [0.05, 0.1) is 7.11 Å². The Balaban J connectivity index is 2.62. The molecular formula is C11H17NOS. The first-order chi connectivity index (χ1) is 6.77. The van der Waals surface area contributed by atoms with Gasteiger partial charge in [-0.25, -0.2) is 0 Å². The summed E-state index contributed by atoms with van der Waals surface area (Å²) in [6.45, 7) is 3.16. The monoisotopic (exact) mass is 211 g/mol. The molecule has 0 aliphatic heterocycles. The molecule has 0 amide bonds. The summed E-state index contributed by atoms with van der Waals surface area (Å²) in [6.07, 6.45) is 1.13. The Morgan fingerprint density at radius 3 is 2.50 bits per heavy atom. The van der Waals surface area contributed by atoms with Crippen LogP contribution in [0, 0.1) is 0 Å². The molecule has 1 aromatic carbocycles. The van der Waals surface area contributed by atoms with E-state index in [0.29, 0.717) is 0 Å². The molecule has 0 aliphatic rings. The molecule has 3 heteroatoms. The van der Waals surface area contributed by atoms with E-state index < -0.39 is 0 Å². The Morgan fingerprint density at radius 1 is 1.36 bits per heavy atom. The molecule has 0 fully saturated rings. The van der Waals surface area contributed by atoms with Crippen molar-refractivity contribution in [2.75, 3.05) is 13.7 Å². The Labute approximate surface area is 88.3 Å². The van der Waals surface area contributed by atoms with Gasteiger partial charge in [-0.1, -0.05) is 23.5 Å². The fourth-order valence-electron chi connectivity index (χ4n) is 1.05. The van der Waals surface area contributed by atoms with Crippen LogP contribution in [0.3, 0.4) is 0 Å². The summed E-state index contributed by atoms with van der Waals surface area (Å²) in [5.74, 6) is 4.97. The van der Waals surface area contributed by atoms with Crippen LogP contribution in [0.25, 0.3) is 0 Å². The molecule has 78 valence electrons. The number of ether oxygens (including phenoxy) is 1. The minimum Gasteiger partial charge on any atom is -0.497 e. The normalized spacial score (nSPS) is 12.4. The van der Waals surface area contributed by atoms with Crippen LogP contribution in [0.1, 0.15) is 13.3 Å². The van der Waals surface area contributed by atoms with Gasteiger partial charge < -0.3 is 4.74 Å². The van der Waals surface area contributed by atoms with Gasteiger partial charge in [-0.15, -0.1) is 0 Å². The van der Waals surface area contributed by atoms with Crippen LogP contribution in [0.4, 0.5) is 0 Å². The molecule has 1 aromatic rings. The van der Waals surface area contributed by atoms with Crippen LogP contribution in [0.15, 0.2) is 29.2 Å². The maximum atomic E-state index is 5.09. The molecule has 0 saturated carbocycles. The van der Waals surface area contributed by atoms with E-state index in [1.807, 2.05) is 12.1 Å². The molecule has 0 radical (unpaired) electrons. The van der Waals surface area contributed by atoms with Crippen LogP contribution >= 0.6 is 10.7 Å². The first-order valence-corrected chi connectivity index (χ1v) is 6.09. The maximum absolute atomic E-state index is 5.09. The third-order valence-electron chi connectivity index (χ3n) is 1.87. The highest BCUT2D eigenvalue weighted by molar-refractivity contribution is 8.12. The summed E-state index contributed by atoms with van der Waals surface area (Å²) in [5, 5.41) is 0. The summed E-state index contributed by atoms with van der Waals surface area (Å²) >= 11 is 0. The van der Waals surface area contributed by atoms with E-state index in [1.54, 1.807) is 7.11 Å². The van der Waals surface area contributed by atoms with Gasteiger partial charge >= 0.3 is 0 Å². The van der Waals surface area contributed by atoms with Gasteiger partial charge in [-0.2, -0.15) is 0 Å². The quantitative estimate of drug-likeness (QED) is 0.756. The summed E-state index contributed by atoms with van der Waals surface area (Å²) in [7, 11) is 1.58. The smallest absolute Gasteiger partial charge is 0.118 e. The van der Waals surface area contributed by atoms with E-state index in [2.05, 4.69) is 29.6 Å². The molecular weight excluding hydrogens is 194 g/mol. The van der Waals surface area contributed by atoms with Crippen molar-refractivity contribution in [2.45, 2.75) is 18.2 Å². The zero-order chi connectivity index (χ0) is 10.4. The van der Waals surface area contributed by atoms with E-state index >= 15 is 0 Å². The lowest BCUT2D eigenvalue weighted by molar-refractivity contribution is 0.414. The molecule has 0 heterocycles. The van der Waals surface area contributed by atoms with Crippen molar-refractivity contribution in [1.29, 1.82) is 0 Å². The number of benzene rings is 1. The van der Waals surface area contributed by atoms with Crippen molar-refractivity contribution in [3.05, 3.63) is 24.3 Å². The zero-order valence-electron chi connectivity index (χ0n) is 8.75. The average Bonchev–Trinajstić information content (AvgIpc) is 2.26. The minimum absolute atomic E-state index is 0.0991. The highest BCUT2D eigenvalue weighted by atomic mass is 32.2. The molecule has 1 atom stereocenters. The van der Waals surface area contributed by atoms with Crippen LogP contribution in [0.2, 0.25) is 0 Å². The van der Waals surface area contributed by atoms with Crippen LogP contribution < -0.4 is 9.46 Å². The van der Waals surface area contributed by atoms with Crippen molar-refractivity contribution in [2.24, 2.45) is 0 Å². The molecule has 14 heavy (non-hydrogen) atoms. The SMILES string of the molecule is C=S(NCCC)c1ccc(OC)cc1. The number of hydrogen-bond donors (Lipinski definition) is 1. The molecule has 0 aliphatic carbocycles. The topological polar surface area (TPSA) is 21.3 Å². The van der Waals surface area contributed by atoms with E-state index in [0.717, 1.165) is 18.7 Å². The third kappa shape index (κ3) is 3.16. The summed E-state index contributed by atoms with van der Waals surface area (Å²) in [6, 6.07) is 8.04. The number of hydrogen-bond acceptors (Lipinski definition) is 2. The van der Waals surface area contributed by atoms with Crippen molar-refractivity contribution in [3.8, 4) is 5.75 Å². The Morgan fingerprint density at radius 2 is 2.00 bits per heavy atom. The zero-order valence-corrected chi connectivity index (χ0v) is 9.56. The summed E-state index contributed by atoms with van der Waals surface area (Å²) in [5.41, 5.74) is 0. The van der Waals surface area contributed by atoms with Crippen molar-refractivity contribution >= 4 is 16.5 Å². The second-order valence-corrected chi connectivity index (χ2v) is 4.50. The number of nitrogens with one attached hydrogen (secondary N) is 1. The van der Waals surface area contributed by atoms with Gasteiger partial charge in [-0.3, -0.25) is 4.72 Å². The first kappa shape index (κ1) is 11.3. The second kappa shape index (κ2) is 5.83. The molecule has 0 saturated heterocycles. The molecule has 0 aromatic heterocycles. The van der Waals surface area contributed by atoms with Crippen molar-refractivity contribution < 1.29 is 4.74 Å². The molecule has 2 nitrogen and oxygen atoms in total. The Bertz CT molecular complexity index is 295. The Kier molecular flexibility index (Phi) is 4.70. The average molecular weight is 211 g/mol. The fraction of sp³-hybridized carbons (Fsp3) is 0.364. The van der Waals surface area contributed by atoms with Gasteiger partial charge in [0.2, 0.25) is 0 Å². The standard InChI is InChI=1S/C11H17NOS/c1-4-9-12-14(3)11-7-5-10(13-2)6-8-11/h5-8,12H,3-4,9H2,1-2H3. The predicted octanol–water partition coefficient (Wildman–Crippen LogP) is 2.67. The van der Waals surface area contributed by atoms with Crippen LogP contribution in [0.5, 0.6) is 5.75 Å². The van der Waals surface area contributed by atoms with Crippen LogP contribution in [-0.2, 0) is 0 Å². The van der Waals surface area contributed by atoms with Gasteiger partial charge in [0, 0.05) is 11.4 Å². The summed E-state index contributed by atoms with van der Waals surface area (Å²) in [4.78, 5) is 1.22. The lowest BCUT2D eigenvalue weighted by Crippen LogP contribution is -2.06. The maximum Gasteiger partial charge on any atom is 0.118 e. The molecule has 1 N–H and O–H groups in total. The first-order valence-electron chi connectivity index (χ1n) is 4.69. The molecule has 0 bridgehead atoms. The third-order valence-corrected chi connectivity index (χ3v) is 3.26. The van der Waals surface area contributed by atoms with E-state index in [1.165, 1.54) is 4.90 Å². The van der Waals surface area contributed by atoms with E-state index in [4.69, 9.17) is 4.74 Å². The van der Waals surface area contributed by atoms with Gasteiger partial charge in [0.25, 0.3) is 0 Å². The second-order valence-electron chi connectivity index (χ2n) is 2.96. The minimum atomic E-state index is -0.0991. The molecule has 1 unspecified atom stereocenters. The van der Waals surface area contributed by atoms with Crippen LogP contribution in [-0.4, -0.2) is 19.5 Å². The highest BCUT2D eigenvalue weighted by Gasteiger charge is 1.96. The van der Waals surface area contributed by atoms with Gasteiger partial charge in [-0.05, 0) is 30.7 Å². The largest absolute Gasteiger partial charge is 0.497 e. The molecule has 0 spiro atoms. The van der Waals surface area contributed by atoms with E-state index in [-0.39, 0.29) is 10.7 Å². The predicted molar refractivity (Wildman–Crippen MR) is 64.3 cm³/mol. The van der Waals surface area contributed by atoms with Gasteiger partial charge in [0.1, 0.15) is 5.75 Å². The Hall–Kier alpha value is -0.800.